The van der Waals surface area contributed by atoms with Crippen molar-refractivity contribution in [1.82, 2.24) is 5.32 Å². The van der Waals surface area contributed by atoms with Gasteiger partial charge in [0.25, 0.3) is 0 Å². The Balaban J connectivity index is 1.77. The minimum Gasteiger partial charge on any atom is -0.497 e. The molecule has 2 aromatic rings. The minimum absolute atomic E-state index is 0.188. The number of carbonyl (C=O) groups excluding carboxylic acids is 1. The molecule has 0 saturated heterocycles. The van der Waals surface area contributed by atoms with E-state index in [9.17, 15) is 4.79 Å². The van der Waals surface area contributed by atoms with Gasteiger partial charge in [-0.15, -0.1) is 11.8 Å². The standard InChI is InChI=1S/C17H20N2O2S/c1-21-15-8-6-13(7-9-15)10-11-18-17(20)19-14-4-3-5-16(12-14)22-2/h3-9,12H,10-11H2,1-2H3,(H2,18,19,20). The summed E-state index contributed by atoms with van der Waals surface area (Å²) in [5.74, 6) is 0.836. The topological polar surface area (TPSA) is 50.4 Å². The number of anilines is 1. The zero-order valence-corrected chi connectivity index (χ0v) is 13.6. The Morgan fingerprint density at radius 2 is 1.95 bits per heavy atom. The highest BCUT2D eigenvalue weighted by molar-refractivity contribution is 7.98. The first-order chi connectivity index (χ1) is 10.7. The van der Waals surface area contributed by atoms with E-state index in [1.807, 2.05) is 54.8 Å². The average molecular weight is 316 g/mol. The molecule has 0 bridgehead atoms. The maximum absolute atomic E-state index is 11.9. The van der Waals surface area contributed by atoms with Crippen LogP contribution in [0.25, 0.3) is 0 Å². The van der Waals surface area contributed by atoms with Crippen LogP contribution in [-0.4, -0.2) is 25.9 Å². The second kappa shape index (κ2) is 8.34. The van der Waals surface area contributed by atoms with E-state index < -0.39 is 0 Å². The van der Waals surface area contributed by atoms with E-state index in [4.69, 9.17) is 4.74 Å². The zero-order chi connectivity index (χ0) is 15.8. The molecule has 0 saturated carbocycles. The van der Waals surface area contributed by atoms with E-state index in [-0.39, 0.29) is 6.03 Å². The summed E-state index contributed by atoms with van der Waals surface area (Å²) in [7, 11) is 1.65. The van der Waals surface area contributed by atoms with Crippen molar-refractivity contribution in [1.29, 1.82) is 0 Å². The first kappa shape index (κ1) is 16.2. The molecule has 0 heterocycles. The quantitative estimate of drug-likeness (QED) is 0.797. The number of benzene rings is 2. The van der Waals surface area contributed by atoms with Gasteiger partial charge in [-0.1, -0.05) is 18.2 Å². The van der Waals surface area contributed by atoms with Crippen LogP contribution in [0.2, 0.25) is 0 Å². The average Bonchev–Trinajstić information content (AvgIpc) is 2.55. The molecule has 4 nitrogen and oxygen atoms in total. The van der Waals surface area contributed by atoms with Crippen molar-refractivity contribution in [2.24, 2.45) is 0 Å². The third-order valence-electron chi connectivity index (χ3n) is 3.19. The Morgan fingerprint density at radius 1 is 1.18 bits per heavy atom. The molecule has 2 rings (SSSR count). The first-order valence-corrected chi connectivity index (χ1v) is 8.25. The van der Waals surface area contributed by atoms with Crippen LogP contribution in [0.15, 0.2) is 53.4 Å². The van der Waals surface area contributed by atoms with Crippen molar-refractivity contribution < 1.29 is 9.53 Å². The van der Waals surface area contributed by atoms with Gasteiger partial charge in [0.15, 0.2) is 0 Å². The van der Waals surface area contributed by atoms with Crippen LogP contribution in [0.5, 0.6) is 5.75 Å². The molecular weight excluding hydrogens is 296 g/mol. The lowest BCUT2D eigenvalue weighted by molar-refractivity contribution is 0.252. The maximum atomic E-state index is 11.9. The van der Waals surface area contributed by atoms with Gasteiger partial charge in [-0.05, 0) is 48.6 Å². The number of carbonyl (C=O) groups is 1. The predicted molar refractivity (Wildman–Crippen MR) is 91.9 cm³/mol. The van der Waals surface area contributed by atoms with Crippen molar-refractivity contribution in [2.75, 3.05) is 25.2 Å². The molecule has 0 aliphatic carbocycles. The fraction of sp³-hybridized carbons (Fsp3) is 0.235. The number of hydrogen-bond donors (Lipinski definition) is 2. The monoisotopic (exact) mass is 316 g/mol. The van der Waals surface area contributed by atoms with Crippen LogP contribution in [0, 0.1) is 0 Å². The fourth-order valence-corrected chi connectivity index (χ4v) is 2.45. The number of thioether (sulfide) groups is 1. The largest absolute Gasteiger partial charge is 0.497 e. The molecule has 0 spiro atoms. The highest BCUT2D eigenvalue weighted by atomic mass is 32.2. The summed E-state index contributed by atoms with van der Waals surface area (Å²) >= 11 is 1.65. The van der Waals surface area contributed by atoms with Gasteiger partial charge < -0.3 is 15.4 Å². The maximum Gasteiger partial charge on any atom is 0.319 e. The van der Waals surface area contributed by atoms with E-state index in [1.165, 1.54) is 0 Å². The van der Waals surface area contributed by atoms with Gasteiger partial charge in [0.1, 0.15) is 5.75 Å². The number of nitrogens with one attached hydrogen (secondary N) is 2. The summed E-state index contributed by atoms with van der Waals surface area (Å²) in [6.07, 6.45) is 2.79. The molecule has 22 heavy (non-hydrogen) atoms. The second-order valence-electron chi connectivity index (χ2n) is 4.71. The Labute approximate surface area is 135 Å². The van der Waals surface area contributed by atoms with Crippen LogP contribution in [-0.2, 0) is 6.42 Å². The lowest BCUT2D eigenvalue weighted by Gasteiger charge is -2.09. The summed E-state index contributed by atoms with van der Waals surface area (Å²) in [4.78, 5) is 13.0. The number of amides is 2. The van der Waals surface area contributed by atoms with Gasteiger partial charge in [-0.25, -0.2) is 4.79 Å². The summed E-state index contributed by atoms with van der Waals surface area (Å²) in [6.45, 7) is 0.584. The SMILES string of the molecule is COc1ccc(CCNC(=O)Nc2cccc(SC)c2)cc1. The lowest BCUT2D eigenvalue weighted by Crippen LogP contribution is -2.30. The third-order valence-corrected chi connectivity index (χ3v) is 3.91. The molecule has 0 aliphatic heterocycles. The van der Waals surface area contributed by atoms with Gasteiger partial charge in [0.2, 0.25) is 0 Å². The molecule has 0 fully saturated rings. The molecule has 2 aromatic carbocycles. The van der Waals surface area contributed by atoms with Gasteiger partial charge in [-0.2, -0.15) is 0 Å². The van der Waals surface area contributed by atoms with E-state index >= 15 is 0 Å². The van der Waals surface area contributed by atoms with Crippen molar-refractivity contribution in [3.63, 3.8) is 0 Å². The summed E-state index contributed by atoms with van der Waals surface area (Å²) in [6, 6.07) is 15.4. The number of methoxy groups -OCH3 is 1. The Hall–Kier alpha value is -2.14. The molecule has 0 radical (unpaired) electrons. The third kappa shape index (κ3) is 5.00. The Bertz CT molecular complexity index is 614. The summed E-state index contributed by atoms with van der Waals surface area (Å²) in [5, 5.41) is 5.70. The van der Waals surface area contributed by atoms with E-state index in [0.29, 0.717) is 6.54 Å². The second-order valence-corrected chi connectivity index (χ2v) is 5.59. The predicted octanol–water partition coefficient (Wildman–Crippen LogP) is 3.78. The molecule has 0 unspecified atom stereocenters. The van der Waals surface area contributed by atoms with Gasteiger partial charge in [-0.3, -0.25) is 0 Å². The summed E-state index contributed by atoms with van der Waals surface area (Å²) < 4.78 is 5.12. The van der Waals surface area contributed by atoms with Crippen molar-refractivity contribution >= 4 is 23.5 Å². The van der Waals surface area contributed by atoms with Crippen molar-refractivity contribution in [3.8, 4) is 5.75 Å². The smallest absolute Gasteiger partial charge is 0.319 e. The minimum atomic E-state index is -0.188. The van der Waals surface area contributed by atoms with E-state index in [1.54, 1.807) is 18.9 Å². The molecule has 2 N–H and O–H groups in total. The van der Waals surface area contributed by atoms with Gasteiger partial charge >= 0.3 is 6.03 Å². The highest BCUT2D eigenvalue weighted by Crippen LogP contribution is 2.18. The highest BCUT2D eigenvalue weighted by Gasteiger charge is 2.02. The van der Waals surface area contributed by atoms with Crippen LogP contribution in [0.4, 0.5) is 10.5 Å². The van der Waals surface area contributed by atoms with Crippen molar-refractivity contribution in [3.05, 3.63) is 54.1 Å². The van der Waals surface area contributed by atoms with Gasteiger partial charge in [0.05, 0.1) is 7.11 Å². The van der Waals surface area contributed by atoms with Crippen LogP contribution in [0.3, 0.4) is 0 Å². The molecular formula is C17H20N2O2S. The molecule has 0 aromatic heterocycles. The van der Waals surface area contributed by atoms with Crippen LogP contribution < -0.4 is 15.4 Å². The molecule has 116 valence electrons. The number of hydrogen-bond acceptors (Lipinski definition) is 3. The number of rotatable bonds is 6. The molecule has 5 heteroatoms. The van der Waals surface area contributed by atoms with Crippen LogP contribution in [0.1, 0.15) is 5.56 Å². The first-order valence-electron chi connectivity index (χ1n) is 7.03. The zero-order valence-electron chi connectivity index (χ0n) is 12.8. The lowest BCUT2D eigenvalue weighted by atomic mass is 10.1. The normalized spacial score (nSPS) is 10.1. The molecule has 0 atom stereocenters. The fourth-order valence-electron chi connectivity index (χ4n) is 1.99. The van der Waals surface area contributed by atoms with Crippen molar-refractivity contribution in [2.45, 2.75) is 11.3 Å². The van der Waals surface area contributed by atoms with E-state index in [0.717, 1.165) is 28.3 Å². The number of urea groups is 1. The van der Waals surface area contributed by atoms with E-state index in [2.05, 4.69) is 10.6 Å². The number of ether oxygens (including phenoxy) is 1. The van der Waals surface area contributed by atoms with Crippen LogP contribution >= 0.6 is 11.8 Å². The Kier molecular flexibility index (Phi) is 6.15. The molecule has 0 aliphatic rings. The van der Waals surface area contributed by atoms with Gasteiger partial charge in [0, 0.05) is 17.1 Å². The summed E-state index contributed by atoms with van der Waals surface area (Å²) in [5.41, 5.74) is 1.96. The molecule has 2 amide bonds. The Morgan fingerprint density at radius 3 is 2.64 bits per heavy atom.